The lowest BCUT2D eigenvalue weighted by Crippen LogP contribution is -2.17. The van der Waals surface area contributed by atoms with Crippen LogP contribution in [0.25, 0.3) is 0 Å². The zero-order valence-electron chi connectivity index (χ0n) is 11.5. The summed E-state index contributed by atoms with van der Waals surface area (Å²) < 4.78 is 12.8. The standard InChI is InChI=1S/C16H15FN2O2/c1-2-15(20)19-14-6-4-3-5-13(14)16(21)18-12-9-7-11(17)8-10-12/h3-10H,2H2,1H3,(H,18,21)(H,19,20). The van der Waals surface area contributed by atoms with Gasteiger partial charge in [-0.25, -0.2) is 4.39 Å². The first-order valence-electron chi connectivity index (χ1n) is 6.56. The summed E-state index contributed by atoms with van der Waals surface area (Å²) in [5.74, 6) is -0.908. The fourth-order valence-corrected chi connectivity index (χ4v) is 1.76. The number of anilines is 2. The lowest BCUT2D eigenvalue weighted by molar-refractivity contribution is -0.115. The second kappa shape index (κ2) is 6.65. The Labute approximate surface area is 122 Å². The average Bonchev–Trinajstić information content (AvgIpc) is 2.50. The number of rotatable bonds is 4. The SMILES string of the molecule is CCC(=O)Nc1ccccc1C(=O)Nc1ccc(F)cc1. The van der Waals surface area contributed by atoms with Crippen molar-refractivity contribution in [2.24, 2.45) is 0 Å². The van der Waals surface area contributed by atoms with Gasteiger partial charge in [0.05, 0.1) is 11.3 Å². The highest BCUT2D eigenvalue weighted by Gasteiger charge is 2.12. The Kier molecular flexibility index (Phi) is 4.66. The van der Waals surface area contributed by atoms with Gasteiger partial charge in [0.2, 0.25) is 5.91 Å². The third kappa shape index (κ3) is 3.89. The van der Waals surface area contributed by atoms with Gasteiger partial charge in [-0.1, -0.05) is 19.1 Å². The lowest BCUT2D eigenvalue weighted by atomic mass is 10.1. The fourth-order valence-electron chi connectivity index (χ4n) is 1.76. The van der Waals surface area contributed by atoms with E-state index in [1.807, 2.05) is 0 Å². The molecule has 0 radical (unpaired) electrons. The molecular formula is C16H15FN2O2. The van der Waals surface area contributed by atoms with Gasteiger partial charge in [-0.3, -0.25) is 9.59 Å². The van der Waals surface area contributed by atoms with Crippen LogP contribution in [0, 0.1) is 5.82 Å². The summed E-state index contributed by atoms with van der Waals surface area (Å²) in [5.41, 5.74) is 1.28. The number of carbonyl (C=O) groups excluding carboxylic acids is 2. The maximum Gasteiger partial charge on any atom is 0.257 e. The van der Waals surface area contributed by atoms with E-state index < -0.39 is 0 Å². The van der Waals surface area contributed by atoms with Crippen LogP contribution in [0.4, 0.5) is 15.8 Å². The summed E-state index contributed by atoms with van der Waals surface area (Å²) in [6.45, 7) is 1.73. The van der Waals surface area contributed by atoms with Gasteiger partial charge in [0, 0.05) is 12.1 Å². The van der Waals surface area contributed by atoms with Crippen LogP contribution < -0.4 is 10.6 Å². The van der Waals surface area contributed by atoms with Crippen molar-refractivity contribution >= 4 is 23.2 Å². The molecule has 2 amide bonds. The first-order chi connectivity index (χ1) is 10.1. The van der Waals surface area contributed by atoms with Crippen molar-refractivity contribution in [1.29, 1.82) is 0 Å². The Morgan fingerprint density at radius 3 is 2.33 bits per heavy atom. The highest BCUT2D eigenvalue weighted by Crippen LogP contribution is 2.18. The summed E-state index contributed by atoms with van der Waals surface area (Å²) >= 11 is 0. The quantitative estimate of drug-likeness (QED) is 0.904. The van der Waals surface area contributed by atoms with Crippen LogP contribution in [0.15, 0.2) is 48.5 Å². The Morgan fingerprint density at radius 2 is 1.67 bits per heavy atom. The molecule has 108 valence electrons. The molecular weight excluding hydrogens is 271 g/mol. The van der Waals surface area contributed by atoms with Crippen molar-refractivity contribution in [3.63, 3.8) is 0 Å². The number of halogens is 1. The van der Waals surface area contributed by atoms with Crippen LogP contribution in [0.5, 0.6) is 0 Å². The molecule has 0 aliphatic heterocycles. The van der Waals surface area contributed by atoms with Crippen molar-refractivity contribution in [1.82, 2.24) is 0 Å². The fraction of sp³-hybridized carbons (Fsp3) is 0.125. The predicted octanol–water partition coefficient (Wildman–Crippen LogP) is 3.43. The molecule has 0 fully saturated rings. The van der Waals surface area contributed by atoms with Gasteiger partial charge in [-0.15, -0.1) is 0 Å². The highest BCUT2D eigenvalue weighted by molar-refractivity contribution is 6.10. The first kappa shape index (κ1) is 14.7. The van der Waals surface area contributed by atoms with E-state index in [1.165, 1.54) is 24.3 Å². The third-order valence-corrected chi connectivity index (χ3v) is 2.87. The molecule has 5 heteroatoms. The molecule has 0 bridgehead atoms. The maximum absolute atomic E-state index is 12.8. The van der Waals surface area contributed by atoms with Gasteiger partial charge in [0.1, 0.15) is 5.82 Å². The molecule has 2 N–H and O–H groups in total. The number of hydrogen-bond acceptors (Lipinski definition) is 2. The van der Waals surface area contributed by atoms with Crippen LogP contribution >= 0.6 is 0 Å². The number of para-hydroxylation sites is 1. The number of amides is 2. The minimum absolute atomic E-state index is 0.169. The van der Waals surface area contributed by atoms with Gasteiger partial charge in [0.15, 0.2) is 0 Å². The molecule has 0 saturated carbocycles. The van der Waals surface area contributed by atoms with Crippen molar-refractivity contribution < 1.29 is 14.0 Å². The van der Waals surface area contributed by atoms with Crippen molar-refractivity contribution in [2.75, 3.05) is 10.6 Å². The zero-order valence-corrected chi connectivity index (χ0v) is 11.5. The minimum atomic E-state index is -0.372. The first-order valence-corrected chi connectivity index (χ1v) is 6.56. The number of hydrogen-bond donors (Lipinski definition) is 2. The molecule has 2 aromatic carbocycles. The molecule has 0 unspecified atom stereocenters. The zero-order chi connectivity index (χ0) is 15.2. The molecule has 0 heterocycles. The number of benzene rings is 2. The Balaban J connectivity index is 2.18. The van der Waals surface area contributed by atoms with E-state index in [9.17, 15) is 14.0 Å². The van der Waals surface area contributed by atoms with Crippen LogP contribution in [0.3, 0.4) is 0 Å². The van der Waals surface area contributed by atoms with Gasteiger partial charge in [-0.05, 0) is 36.4 Å². The normalized spacial score (nSPS) is 10.0. The van der Waals surface area contributed by atoms with E-state index in [0.717, 1.165) is 0 Å². The largest absolute Gasteiger partial charge is 0.325 e. The second-order valence-corrected chi connectivity index (χ2v) is 4.41. The average molecular weight is 286 g/mol. The smallest absolute Gasteiger partial charge is 0.257 e. The Bertz CT molecular complexity index is 654. The van der Waals surface area contributed by atoms with E-state index in [-0.39, 0.29) is 17.6 Å². The molecule has 0 atom stereocenters. The van der Waals surface area contributed by atoms with E-state index in [2.05, 4.69) is 10.6 Å². The maximum atomic E-state index is 12.8. The van der Waals surface area contributed by atoms with Crippen molar-refractivity contribution in [3.05, 3.63) is 59.9 Å². The van der Waals surface area contributed by atoms with Crippen LogP contribution in [0.1, 0.15) is 23.7 Å². The topological polar surface area (TPSA) is 58.2 Å². The third-order valence-electron chi connectivity index (χ3n) is 2.87. The molecule has 0 aliphatic carbocycles. The summed E-state index contributed by atoms with van der Waals surface area (Å²) in [6, 6.07) is 12.2. The van der Waals surface area contributed by atoms with Crippen LogP contribution in [-0.2, 0) is 4.79 Å². The molecule has 2 rings (SSSR count). The molecule has 21 heavy (non-hydrogen) atoms. The molecule has 0 aliphatic rings. The second-order valence-electron chi connectivity index (χ2n) is 4.41. The van der Waals surface area contributed by atoms with Gasteiger partial charge in [0.25, 0.3) is 5.91 Å². The summed E-state index contributed by atoms with van der Waals surface area (Å²) in [7, 11) is 0. The van der Waals surface area contributed by atoms with Crippen molar-refractivity contribution in [3.8, 4) is 0 Å². The van der Waals surface area contributed by atoms with E-state index in [0.29, 0.717) is 23.4 Å². The van der Waals surface area contributed by atoms with Crippen LogP contribution in [-0.4, -0.2) is 11.8 Å². The molecule has 0 saturated heterocycles. The van der Waals surface area contributed by atoms with Gasteiger partial charge >= 0.3 is 0 Å². The minimum Gasteiger partial charge on any atom is -0.325 e. The highest BCUT2D eigenvalue weighted by atomic mass is 19.1. The van der Waals surface area contributed by atoms with Crippen molar-refractivity contribution in [2.45, 2.75) is 13.3 Å². The Morgan fingerprint density at radius 1 is 1.00 bits per heavy atom. The van der Waals surface area contributed by atoms with Gasteiger partial charge < -0.3 is 10.6 Å². The van der Waals surface area contributed by atoms with Crippen LogP contribution in [0.2, 0.25) is 0 Å². The predicted molar refractivity (Wildman–Crippen MR) is 79.7 cm³/mol. The molecule has 4 nitrogen and oxygen atoms in total. The summed E-state index contributed by atoms with van der Waals surface area (Å²) in [6.07, 6.45) is 0.327. The van der Waals surface area contributed by atoms with E-state index in [1.54, 1.807) is 31.2 Å². The molecule has 0 spiro atoms. The van der Waals surface area contributed by atoms with Gasteiger partial charge in [-0.2, -0.15) is 0 Å². The lowest BCUT2D eigenvalue weighted by Gasteiger charge is -2.11. The molecule has 0 aromatic heterocycles. The molecule has 2 aromatic rings. The summed E-state index contributed by atoms with van der Waals surface area (Å²) in [4.78, 5) is 23.7. The number of nitrogens with one attached hydrogen (secondary N) is 2. The monoisotopic (exact) mass is 286 g/mol. The van der Waals surface area contributed by atoms with E-state index >= 15 is 0 Å². The number of carbonyl (C=O) groups is 2. The summed E-state index contributed by atoms with van der Waals surface area (Å²) in [5, 5.41) is 5.34. The van der Waals surface area contributed by atoms with E-state index in [4.69, 9.17) is 0 Å². The Hall–Kier alpha value is -2.69.